The van der Waals surface area contributed by atoms with E-state index in [0.717, 1.165) is 11.1 Å². The predicted octanol–water partition coefficient (Wildman–Crippen LogP) is 2.54. The Balaban J connectivity index is 1.67. The summed E-state index contributed by atoms with van der Waals surface area (Å²) in [5.41, 5.74) is 3.20. The Hall–Kier alpha value is -3.13. The molecule has 0 radical (unpaired) electrons. The molecule has 0 saturated carbocycles. The molecule has 1 fully saturated rings. The molecule has 1 saturated heterocycles. The summed E-state index contributed by atoms with van der Waals surface area (Å²) in [5.74, 6) is -0.657. The van der Waals surface area contributed by atoms with Gasteiger partial charge in [-0.15, -0.1) is 0 Å². The Kier molecular flexibility index (Phi) is 4.80. The summed E-state index contributed by atoms with van der Waals surface area (Å²) in [4.78, 5) is 26.3. The van der Waals surface area contributed by atoms with Crippen LogP contribution >= 0.6 is 0 Å². The van der Waals surface area contributed by atoms with Crippen molar-refractivity contribution in [3.8, 4) is 6.07 Å². The average molecular weight is 333 g/mol. The second kappa shape index (κ2) is 7.18. The number of aryl methyl sites for hydroxylation is 1. The van der Waals surface area contributed by atoms with Gasteiger partial charge in [0.1, 0.15) is 6.07 Å². The third-order valence-corrected chi connectivity index (χ3v) is 4.53. The van der Waals surface area contributed by atoms with Gasteiger partial charge < -0.3 is 10.2 Å². The van der Waals surface area contributed by atoms with E-state index < -0.39 is 5.92 Å². The van der Waals surface area contributed by atoms with E-state index >= 15 is 0 Å². The molecule has 5 heteroatoms. The highest BCUT2D eigenvalue weighted by molar-refractivity contribution is 6.01. The smallest absolute Gasteiger partial charge is 0.227 e. The first-order valence-electron chi connectivity index (χ1n) is 8.22. The minimum absolute atomic E-state index is 0.126. The maximum atomic E-state index is 12.5. The van der Waals surface area contributed by atoms with E-state index in [2.05, 4.69) is 11.4 Å². The van der Waals surface area contributed by atoms with Crippen LogP contribution < -0.4 is 10.2 Å². The highest BCUT2D eigenvalue weighted by atomic mass is 16.2. The largest absolute Gasteiger partial charge is 0.352 e. The average Bonchev–Trinajstić information content (AvgIpc) is 3.02. The molecule has 1 atom stereocenters. The molecule has 0 bridgehead atoms. The maximum absolute atomic E-state index is 12.5. The first-order valence-corrected chi connectivity index (χ1v) is 8.22. The van der Waals surface area contributed by atoms with Crippen molar-refractivity contribution < 1.29 is 9.59 Å². The monoisotopic (exact) mass is 333 g/mol. The highest BCUT2D eigenvalue weighted by Crippen LogP contribution is 2.28. The Morgan fingerprint density at radius 1 is 1.24 bits per heavy atom. The van der Waals surface area contributed by atoms with Gasteiger partial charge in [-0.3, -0.25) is 9.59 Å². The molecule has 2 aromatic carbocycles. The zero-order valence-corrected chi connectivity index (χ0v) is 14.0. The van der Waals surface area contributed by atoms with Crippen LogP contribution in [0.1, 0.15) is 23.1 Å². The summed E-state index contributed by atoms with van der Waals surface area (Å²) in [6.07, 6.45) is 0.166. The molecule has 5 nitrogen and oxygen atoms in total. The maximum Gasteiger partial charge on any atom is 0.227 e. The third-order valence-electron chi connectivity index (χ3n) is 4.53. The van der Waals surface area contributed by atoms with Crippen molar-refractivity contribution in [1.82, 2.24) is 5.32 Å². The molecule has 1 N–H and O–H groups in total. The van der Waals surface area contributed by atoms with Crippen LogP contribution in [-0.4, -0.2) is 18.4 Å². The lowest BCUT2D eigenvalue weighted by Crippen LogP contribution is -2.33. The molecule has 1 unspecified atom stereocenters. The van der Waals surface area contributed by atoms with E-state index in [1.807, 2.05) is 31.2 Å². The quantitative estimate of drug-likeness (QED) is 0.934. The number of hydrogen-bond donors (Lipinski definition) is 1. The number of anilines is 1. The van der Waals surface area contributed by atoms with Gasteiger partial charge in [0.15, 0.2) is 0 Å². The number of hydrogen-bond acceptors (Lipinski definition) is 3. The van der Waals surface area contributed by atoms with Gasteiger partial charge >= 0.3 is 0 Å². The molecule has 1 aliphatic heterocycles. The van der Waals surface area contributed by atoms with Crippen molar-refractivity contribution in [1.29, 1.82) is 5.26 Å². The van der Waals surface area contributed by atoms with Crippen LogP contribution in [0.3, 0.4) is 0 Å². The predicted molar refractivity (Wildman–Crippen MR) is 94.6 cm³/mol. The fourth-order valence-electron chi connectivity index (χ4n) is 3.05. The molecule has 0 aliphatic carbocycles. The second-order valence-corrected chi connectivity index (χ2v) is 6.18. The minimum atomic E-state index is -0.400. The Labute approximate surface area is 146 Å². The molecule has 1 aliphatic rings. The Morgan fingerprint density at radius 2 is 1.96 bits per heavy atom. The topological polar surface area (TPSA) is 73.2 Å². The Bertz CT molecular complexity index is 854. The fraction of sp³-hybridized carbons (Fsp3) is 0.250. The number of benzene rings is 2. The van der Waals surface area contributed by atoms with Gasteiger partial charge in [0.2, 0.25) is 11.8 Å². The fourth-order valence-corrected chi connectivity index (χ4v) is 3.05. The van der Waals surface area contributed by atoms with Crippen LogP contribution in [0.2, 0.25) is 0 Å². The molecule has 0 aromatic heterocycles. The number of nitriles is 1. The number of carbonyl (C=O) groups excluding carboxylic acids is 2. The van der Waals surface area contributed by atoms with Gasteiger partial charge in [-0.2, -0.15) is 5.26 Å². The van der Waals surface area contributed by atoms with Crippen molar-refractivity contribution in [2.75, 3.05) is 11.4 Å². The zero-order valence-electron chi connectivity index (χ0n) is 14.0. The lowest BCUT2D eigenvalue weighted by Gasteiger charge is -2.18. The van der Waals surface area contributed by atoms with Crippen molar-refractivity contribution in [2.45, 2.75) is 19.9 Å². The summed E-state index contributed by atoms with van der Waals surface area (Å²) in [6.45, 7) is 2.75. The van der Waals surface area contributed by atoms with Crippen LogP contribution in [0.4, 0.5) is 5.69 Å². The number of carbonyl (C=O) groups is 2. The SMILES string of the molecule is Cc1ccccc1CNC(=O)C1CC(=O)N(c2ccccc2C#N)C1. The van der Waals surface area contributed by atoms with Crippen LogP contribution in [0.5, 0.6) is 0 Å². The highest BCUT2D eigenvalue weighted by Gasteiger charge is 2.35. The van der Waals surface area contributed by atoms with E-state index in [-0.39, 0.29) is 18.2 Å². The summed E-state index contributed by atoms with van der Waals surface area (Å²) in [6, 6.07) is 16.9. The Morgan fingerprint density at radius 3 is 2.72 bits per heavy atom. The zero-order chi connectivity index (χ0) is 17.8. The van der Waals surface area contributed by atoms with Gasteiger partial charge in [-0.05, 0) is 30.2 Å². The summed E-state index contributed by atoms with van der Waals surface area (Å²) < 4.78 is 0. The van der Waals surface area contributed by atoms with E-state index in [1.165, 1.54) is 4.90 Å². The van der Waals surface area contributed by atoms with Gasteiger partial charge in [0, 0.05) is 19.5 Å². The normalized spacial score (nSPS) is 16.6. The van der Waals surface area contributed by atoms with Gasteiger partial charge in [-0.25, -0.2) is 0 Å². The first kappa shape index (κ1) is 16.7. The van der Waals surface area contributed by atoms with E-state index in [0.29, 0.717) is 24.3 Å². The number of rotatable bonds is 4. The van der Waals surface area contributed by atoms with Crippen LogP contribution in [0.25, 0.3) is 0 Å². The molecular formula is C20H19N3O2. The summed E-state index contributed by atoms with van der Waals surface area (Å²) in [7, 11) is 0. The van der Waals surface area contributed by atoms with E-state index in [4.69, 9.17) is 0 Å². The standard InChI is InChI=1S/C20H19N3O2/c1-14-6-2-3-8-16(14)12-22-20(25)17-10-19(24)23(13-17)18-9-5-4-7-15(18)11-21/h2-9,17H,10,12-13H2,1H3,(H,22,25). The molecule has 3 rings (SSSR count). The van der Waals surface area contributed by atoms with Crippen LogP contribution in [0, 0.1) is 24.2 Å². The van der Waals surface area contributed by atoms with Crippen LogP contribution in [0.15, 0.2) is 48.5 Å². The summed E-state index contributed by atoms with van der Waals surface area (Å²) >= 11 is 0. The molecular weight excluding hydrogens is 314 g/mol. The number of nitrogens with one attached hydrogen (secondary N) is 1. The molecule has 2 amide bonds. The molecule has 25 heavy (non-hydrogen) atoms. The number of amides is 2. The van der Waals surface area contributed by atoms with Crippen molar-refractivity contribution in [3.63, 3.8) is 0 Å². The number of para-hydroxylation sites is 1. The van der Waals surface area contributed by atoms with Gasteiger partial charge in [0.05, 0.1) is 17.2 Å². The first-order chi connectivity index (χ1) is 12.1. The number of nitrogens with zero attached hydrogens (tertiary/aromatic N) is 2. The molecule has 1 heterocycles. The van der Waals surface area contributed by atoms with E-state index in [1.54, 1.807) is 24.3 Å². The van der Waals surface area contributed by atoms with Gasteiger partial charge in [-0.1, -0.05) is 36.4 Å². The van der Waals surface area contributed by atoms with Gasteiger partial charge in [0.25, 0.3) is 0 Å². The molecule has 0 spiro atoms. The third kappa shape index (κ3) is 3.53. The lowest BCUT2D eigenvalue weighted by atomic mass is 10.1. The van der Waals surface area contributed by atoms with Crippen molar-refractivity contribution in [3.05, 3.63) is 65.2 Å². The lowest BCUT2D eigenvalue weighted by molar-refractivity contribution is -0.126. The summed E-state index contributed by atoms with van der Waals surface area (Å²) in [5, 5.41) is 12.1. The second-order valence-electron chi connectivity index (χ2n) is 6.18. The minimum Gasteiger partial charge on any atom is -0.352 e. The molecule has 126 valence electrons. The van der Waals surface area contributed by atoms with Crippen molar-refractivity contribution in [2.24, 2.45) is 5.92 Å². The molecule has 2 aromatic rings. The van der Waals surface area contributed by atoms with Crippen LogP contribution in [-0.2, 0) is 16.1 Å². The van der Waals surface area contributed by atoms with Crippen molar-refractivity contribution >= 4 is 17.5 Å². The van der Waals surface area contributed by atoms with E-state index in [9.17, 15) is 14.9 Å².